The monoisotopic (exact) mass is 383 g/mol. The zero-order chi connectivity index (χ0) is 19.1. The molecule has 3 aromatic rings. The minimum atomic E-state index is -0.300. The lowest BCUT2D eigenvalue weighted by Crippen LogP contribution is -2.23. The highest BCUT2D eigenvalue weighted by atomic mass is 35.5. The number of benzene rings is 2. The maximum atomic E-state index is 12.9. The van der Waals surface area contributed by atoms with Crippen molar-refractivity contribution in [3.63, 3.8) is 0 Å². The second kappa shape index (κ2) is 9.14. The van der Waals surface area contributed by atoms with Gasteiger partial charge in [0.1, 0.15) is 11.5 Å². The van der Waals surface area contributed by atoms with E-state index in [9.17, 15) is 9.18 Å². The summed E-state index contributed by atoms with van der Waals surface area (Å²) < 4.78 is 12.9. The van der Waals surface area contributed by atoms with Crippen molar-refractivity contribution in [2.24, 2.45) is 0 Å². The third kappa shape index (κ3) is 5.79. The molecule has 0 saturated carbocycles. The van der Waals surface area contributed by atoms with Gasteiger partial charge in [-0.15, -0.1) is 0 Å². The third-order valence-corrected chi connectivity index (χ3v) is 4.27. The van der Waals surface area contributed by atoms with Crippen LogP contribution in [0.1, 0.15) is 21.6 Å². The SMILES string of the molecule is O=C(NCc1ccc(F)cc1)c1ccc(NCCc2ccc(Cl)cc2)cn1. The highest BCUT2D eigenvalue weighted by Gasteiger charge is 2.07. The van der Waals surface area contributed by atoms with Crippen molar-refractivity contribution in [1.82, 2.24) is 10.3 Å². The Hall–Kier alpha value is -2.92. The zero-order valence-corrected chi connectivity index (χ0v) is 15.3. The van der Waals surface area contributed by atoms with E-state index >= 15 is 0 Å². The molecule has 0 saturated heterocycles. The first kappa shape index (κ1) is 18.9. The van der Waals surface area contributed by atoms with Gasteiger partial charge in [0.25, 0.3) is 5.91 Å². The number of pyridine rings is 1. The Morgan fingerprint density at radius 2 is 1.67 bits per heavy atom. The van der Waals surface area contributed by atoms with Crippen molar-refractivity contribution in [2.45, 2.75) is 13.0 Å². The standard InChI is InChI=1S/C21H19ClFN3O/c22-17-5-1-15(2-6-17)11-12-24-19-9-10-20(25-14-19)21(27)26-13-16-3-7-18(23)8-4-16/h1-10,14,24H,11-13H2,(H,26,27). The number of hydrogen-bond acceptors (Lipinski definition) is 3. The van der Waals surface area contributed by atoms with Gasteiger partial charge in [-0.2, -0.15) is 0 Å². The van der Waals surface area contributed by atoms with Crippen LogP contribution < -0.4 is 10.6 Å². The molecule has 1 heterocycles. The maximum Gasteiger partial charge on any atom is 0.270 e. The smallest absolute Gasteiger partial charge is 0.270 e. The molecule has 1 aromatic heterocycles. The fourth-order valence-corrected chi connectivity index (χ4v) is 2.64. The fraction of sp³-hybridized carbons (Fsp3) is 0.143. The minimum absolute atomic E-state index is 0.271. The van der Waals surface area contributed by atoms with Crippen molar-refractivity contribution >= 4 is 23.2 Å². The van der Waals surface area contributed by atoms with Crippen LogP contribution in [0.5, 0.6) is 0 Å². The van der Waals surface area contributed by atoms with Crippen LogP contribution in [0.3, 0.4) is 0 Å². The maximum absolute atomic E-state index is 12.9. The predicted molar refractivity (Wildman–Crippen MR) is 105 cm³/mol. The predicted octanol–water partition coefficient (Wildman–Crippen LogP) is 4.46. The van der Waals surface area contributed by atoms with E-state index in [0.717, 1.165) is 29.2 Å². The molecule has 27 heavy (non-hydrogen) atoms. The van der Waals surface area contributed by atoms with Gasteiger partial charge in [0.05, 0.1) is 11.9 Å². The van der Waals surface area contributed by atoms with Crippen LogP contribution in [0, 0.1) is 5.82 Å². The van der Waals surface area contributed by atoms with Gasteiger partial charge in [0, 0.05) is 18.1 Å². The number of anilines is 1. The lowest BCUT2D eigenvalue weighted by molar-refractivity contribution is 0.0946. The molecular formula is C21H19ClFN3O. The van der Waals surface area contributed by atoms with E-state index in [1.807, 2.05) is 30.3 Å². The molecule has 0 radical (unpaired) electrons. The van der Waals surface area contributed by atoms with Crippen molar-refractivity contribution < 1.29 is 9.18 Å². The van der Waals surface area contributed by atoms with Crippen molar-refractivity contribution in [1.29, 1.82) is 0 Å². The molecule has 0 fully saturated rings. The van der Waals surface area contributed by atoms with Gasteiger partial charge >= 0.3 is 0 Å². The van der Waals surface area contributed by atoms with E-state index in [4.69, 9.17) is 11.6 Å². The first-order valence-corrected chi connectivity index (χ1v) is 8.95. The average Bonchev–Trinajstić information content (AvgIpc) is 2.69. The number of carbonyl (C=O) groups is 1. The Kier molecular flexibility index (Phi) is 6.39. The van der Waals surface area contributed by atoms with Crippen LogP contribution in [0.4, 0.5) is 10.1 Å². The van der Waals surface area contributed by atoms with Crippen molar-refractivity contribution in [3.05, 3.63) is 94.5 Å². The van der Waals surface area contributed by atoms with Gasteiger partial charge in [-0.25, -0.2) is 9.37 Å². The summed E-state index contributed by atoms with van der Waals surface area (Å²) in [6, 6.07) is 17.2. The number of aromatic nitrogens is 1. The van der Waals surface area contributed by atoms with E-state index in [1.165, 1.54) is 17.7 Å². The van der Waals surface area contributed by atoms with E-state index in [-0.39, 0.29) is 11.7 Å². The van der Waals surface area contributed by atoms with Crippen LogP contribution in [0.25, 0.3) is 0 Å². The number of nitrogens with zero attached hydrogens (tertiary/aromatic N) is 1. The number of nitrogens with one attached hydrogen (secondary N) is 2. The summed E-state index contributed by atoms with van der Waals surface area (Å²) in [4.78, 5) is 16.3. The highest BCUT2D eigenvalue weighted by molar-refractivity contribution is 6.30. The van der Waals surface area contributed by atoms with Gasteiger partial charge < -0.3 is 10.6 Å². The molecular weight excluding hydrogens is 365 g/mol. The lowest BCUT2D eigenvalue weighted by atomic mass is 10.1. The van der Waals surface area contributed by atoms with E-state index in [0.29, 0.717) is 12.2 Å². The summed E-state index contributed by atoms with van der Waals surface area (Å²) in [7, 11) is 0. The minimum Gasteiger partial charge on any atom is -0.383 e. The first-order chi connectivity index (χ1) is 13.1. The molecule has 2 aromatic carbocycles. The Balaban J connectivity index is 1.46. The molecule has 2 N–H and O–H groups in total. The molecule has 0 atom stereocenters. The topological polar surface area (TPSA) is 54.0 Å². The molecule has 3 rings (SSSR count). The molecule has 0 aliphatic rings. The molecule has 138 valence electrons. The van der Waals surface area contributed by atoms with Gasteiger partial charge in [0.15, 0.2) is 0 Å². The fourth-order valence-electron chi connectivity index (χ4n) is 2.51. The van der Waals surface area contributed by atoms with Crippen LogP contribution >= 0.6 is 11.6 Å². The third-order valence-electron chi connectivity index (χ3n) is 4.02. The summed E-state index contributed by atoms with van der Waals surface area (Å²) in [5.41, 5.74) is 3.20. The van der Waals surface area contributed by atoms with E-state index in [2.05, 4.69) is 15.6 Å². The van der Waals surface area contributed by atoms with Crippen LogP contribution in [-0.4, -0.2) is 17.4 Å². The Morgan fingerprint density at radius 3 is 2.33 bits per heavy atom. The number of amides is 1. The zero-order valence-electron chi connectivity index (χ0n) is 14.6. The van der Waals surface area contributed by atoms with Crippen molar-refractivity contribution in [2.75, 3.05) is 11.9 Å². The largest absolute Gasteiger partial charge is 0.383 e. The average molecular weight is 384 g/mol. The molecule has 1 amide bonds. The van der Waals surface area contributed by atoms with E-state index in [1.54, 1.807) is 24.4 Å². The summed E-state index contributed by atoms with van der Waals surface area (Å²) >= 11 is 5.87. The van der Waals surface area contributed by atoms with Gasteiger partial charge in [-0.3, -0.25) is 4.79 Å². The molecule has 0 unspecified atom stereocenters. The van der Waals surface area contributed by atoms with Gasteiger partial charge in [-0.05, 0) is 53.9 Å². The van der Waals surface area contributed by atoms with Gasteiger partial charge in [-0.1, -0.05) is 35.9 Å². The summed E-state index contributed by atoms with van der Waals surface area (Å²) in [5.74, 6) is -0.571. The Labute approximate surface area is 162 Å². The van der Waals surface area contributed by atoms with E-state index < -0.39 is 0 Å². The van der Waals surface area contributed by atoms with Crippen molar-refractivity contribution in [3.8, 4) is 0 Å². The molecule has 4 nitrogen and oxygen atoms in total. The molecule has 0 spiro atoms. The van der Waals surface area contributed by atoms with Crippen LogP contribution in [-0.2, 0) is 13.0 Å². The number of halogens is 2. The van der Waals surface area contributed by atoms with Crippen LogP contribution in [0.2, 0.25) is 5.02 Å². The molecule has 0 aliphatic carbocycles. The summed E-state index contributed by atoms with van der Waals surface area (Å²) in [6.45, 7) is 1.07. The lowest BCUT2D eigenvalue weighted by Gasteiger charge is -2.08. The summed E-state index contributed by atoms with van der Waals surface area (Å²) in [6.07, 6.45) is 2.49. The normalized spacial score (nSPS) is 10.4. The first-order valence-electron chi connectivity index (χ1n) is 8.57. The number of carbonyl (C=O) groups excluding carboxylic acids is 1. The second-order valence-corrected chi connectivity index (χ2v) is 6.48. The van der Waals surface area contributed by atoms with Gasteiger partial charge in [0.2, 0.25) is 0 Å². The number of hydrogen-bond donors (Lipinski definition) is 2. The Morgan fingerprint density at radius 1 is 0.963 bits per heavy atom. The molecule has 6 heteroatoms. The summed E-state index contributed by atoms with van der Waals surface area (Å²) in [5, 5.41) is 6.77. The quantitative estimate of drug-likeness (QED) is 0.633. The highest BCUT2D eigenvalue weighted by Crippen LogP contribution is 2.11. The molecule has 0 bridgehead atoms. The number of rotatable bonds is 7. The second-order valence-electron chi connectivity index (χ2n) is 6.04. The Bertz CT molecular complexity index is 881. The molecule has 0 aliphatic heterocycles. The van der Waals surface area contributed by atoms with Crippen LogP contribution in [0.15, 0.2) is 66.9 Å².